The number of aromatic hydroxyl groups is 1. The Morgan fingerprint density at radius 2 is 1.59 bits per heavy atom. The lowest BCUT2D eigenvalue weighted by Crippen LogP contribution is -2.13. The van der Waals surface area contributed by atoms with Gasteiger partial charge in [0, 0.05) is 11.8 Å². The van der Waals surface area contributed by atoms with Crippen molar-refractivity contribution < 1.29 is 31.9 Å². The number of benzene rings is 2. The van der Waals surface area contributed by atoms with Crippen LogP contribution in [0.3, 0.4) is 0 Å². The van der Waals surface area contributed by atoms with E-state index in [0.717, 1.165) is 18.2 Å². The smallest absolute Gasteiger partial charge is 0.416 e. The molecule has 22 heavy (non-hydrogen) atoms. The first-order chi connectivity index (χ1) is 10.2. The van der Waals surface area contributed by atoms with Crippen LogP contribution >= 0.6 is 0 Å². The van der Waals surface area contributed by atoms with E-state index in [2.05, 4.69) is 5.32 Å². The maximum atomic E-state index is 13.0. The first kappa shape index (κ1) is 15.7. The summed E-state index contributed by atoms with van der Waals surface area (Å²) in [6.45, 7) is 0. The van der Waals surface area contributed by atoms with Crippen molar-refractivity contribution in [3.63, 3.8) is 0 Å². The Morgan fingerprint density at radius 3 is 2.09 bits per heavy atom. The van der Waals surface area contributed by atoms with Crippen LogP contribution in [0.2, 0.25) is 0 Å². The maximum Gasteiger partial charge on any atom is 0.416 e. The fourth-order valence-electron chi connectivity index (χ4n) is 1.72. The molecule has 3 nitrogen and oxygen atoms in total. The highest BCUT2D eigenvalue weighted by Gasteiger charge is 2.31. The van der Waals surface area contributed by atoms with Gasteiger partial charge in [-0.15, -0.1) is 0 Å². The quantitative estimate of drug-likeness (QED) is 0.824. The van der Waals surface area contributed by atoms with E-state index in [4.69, 9.17) is 0 Å². The number of amides is 1. The standard InChI is InChI=1S/C14H8F5NO2/c15-8-4-9(16)6-10(5-8)20-13(22)11-2-1-7(3-12(11)21)14(17,18)19/h1-6,21H,(H,20,22). The minimum absolute atomic E-state index is 0.234. The molecule has 0 saturated heterocycles. The Labute approximate surface area is 121 Å². The van der Waals surface area contributed by atoms with Gasteiger partial charge in [0.05, 0.1) is 11.1 Å². The van der Waals surface area contributed by atoms with E-state index in [9.17, 15) is 31.9 Å². The average Bonchev–Trinajstić information content (AvgIpc) is 2.35. The van der Waals surface area contributed by atoms with Crippen molar-refractivity contribution in [3.05, 3.63) is 59.2 Å². The van der Waals surface area contributed by atoms with Gasteiger partial charge in [0.25, 0.3) is 5.91 Å². The van der Waals surface area contributed by atoms with Crippen LogP contribution in [-0.2, 0) is 6.18 Å². The van der Waals surface area contributed by atoms with Crippen molar-refractivity contribution in [2.24, 2.45) is 0 Å². The highest BCUT2D eigenvalue weighted by molar-refractivity contribution is 6.06. The molecule has 1 amide bonds. The third-order valence-electron chi connectivity index (χ3n) is 2.69. The van der Waals surface area contributed by atoms with Gasteiger partial charge in [-0.2, -0.15) is 13.2 Å². The first-order valence-electron chi connectivity index (χ1n) is 5.84. The molecule has 0 spiro atoms. The lowest BCUT2D eigenvalue weighted by molar-refractivity contribution is -0.137. The zero-order chi connectivity index (χ0) is 16.5. The Morgan fingerprint density at radius 1 is 1.00 bits per heavy atom. The summed E-state index contributed by atoms with van der Waals surface area (Å²) in [6.07, 6.45) is -4.67. The van der Waals surface area contributed by atoms with Crippen LogP contribution in [0.4, 0.5) is 27.6 Å². The Bertz CT molecular complexity index is 707. The van der Waals surface area contributed by atoms with Gasteiger partial charge >= 0.3 is 6.18 Å². The second kappa shape index (κ2) is 5.63. The van der Waals surface area contributed by atoms with Gasteiger partial charge in [0.15, 0.2) is 0 Å². The molecule has 2 aromatic rings. The predicted molar refractivity (Wildman–Crippen MR) is 67.4 cm³/mol. The van der Waals surface area contributed by atoms with E-state index < -0.39 is 40.6 Å². The molecule has 0 aliphatic carbocycles. The van der Waals surface area contributed by atoms with Crippen LogP contribution in [0.1, 0.15) is 15.9 Å². The fourth-order valence-corrected chi connectivity index (χ4v) is 1.72. The number of carbonyl (C=O) groups excluding carboxylic acids is 1. The minimum Gasteiger partial charge on any atom is -0.507 e. The molecule has 0 unspecified atom stereocenters. The highest BCUT2D eigenvalue weighted by Crippen LogP contribution is 2.32. The molecule has 0 aliphatic rings. The van der Waals surface area contributed by atoms with E-state index in [-0.39, 0.29) is 5.69 Å². The molecule has 0 atom stereocenters. The average molecular weight is 317 g/mol. The van der Waals surface area contributed by atoms with Crippen LogP contribution < -0.4 is 5.32 Å². The Hall–Kier alpha value is -2.64. The summed E-state index contributed by atoms with van der Waals surface area (Å²) in [5.74, 6) is -3.78. The summed E-state index contributed by atoms with van der Waals surface area (Å²) < 4.78 is 63.3. The SMILES string of the molecule is O=C(Nc1cc(F)cc(F)c1)c1ccc(C(F)(F)F)cc1O. The van der Waals surface area contributed by atoms with E-state index in [1.54, 1.807) is 0 Å². The lowest BCUT2D eigenvalue weighted by Gasteiger charge is -2.10. The first-order valence-corrected chi connectivity index (χ1v) is 5.84. The van der Waals surface area contributed by atoms with E-state index in [0.29, 0.717) is 18.2 Å². The van der Waals surface area contributed by atoms with Crippen molar-refractivity contribution in [3.8, 4) is 5.75 Å². The van der Waals surface area contributed by atoms with Gasteiger partial charge < -0.3 is 10.4 Å². The summed E-state index contributed by atoms with van der Waals surface area (Å²) >= 11 is 0. The van der Waals surface area contributed by atoms with Crippen molar-refractivity contribution in [2.75, 3.05) is 5.32 Å². The number of phenolic OH excluding ortho intramolecular Hbond substituents is 1. The third-order valence-corrected chi connectivity index (χ3v) is 2.69. The van der Waals surface area contributed by atoms with Gasteiger partial charge in [0.2, 0.25) is 0 Å². The van der Waals surface area contributed by atoms with E-state index in [1.807, 2.05) is 0 Å². The van der Waals surface area contributed by atoms with Crippen LogP contribution in [0.15, 0.2) is 36.4 Å². The summed E-state index contributed by atoms with van der Waals surface area (Å²) in [6, 6.07) is 4.00. The Kier molecular flexibility index (Phi) is 4.03. The largest absolute Gasteiger partial charge is 0.507 e. The number of rotatable bonds is 2. The van der Waals surface area contributed by atoms with Crippen LogP contribution in [-0.4, -0.2) is 11.0 Å². The highest BCUT2D eigenvalue weighted by atomic mass is 19.4. The van der Waals surface area contributed by atoms with E-state index >= 15 is 0 Å². The molecule has 0 bridgehead atoms. The number of phenols is 1. The molecule has 8 heteroatoms. The van der Waals surface area contributed by atoms with Crippen molar-refractivity contribution in [1.29, 1.82) is 0 Å². The van der Waals surface area contributed by atoms with Gasteiger partial charge in [-0.3, -0.25) is 4.79 Å². The summed E-state index contributed by atoms with van der Waals surface area (Å²) in [5.41, 5.74) is -1.82. The molecular weight excluding hydrogens is 309 g/mol. The molecular formula is C14H8F5NO2. The maximum absolute atomic E-state index is 13.0. The van der Waals surface area contributed by atoms with Gasteiger partial charge in [-0.05, 0) is 30.3 Å². The molecule has 0 fully saturated rings. The van der Waals surface area contributed by atoms with E-state index in [1.165, 1.54) is 0 Å². The number of anilines is 1. The number of hydrogen-bond donors (Lipinski definition) is 2. The van der Waals surface area contributed by atoms with Crippen LogP contribution in [0.25, 0.3) is 0 Å². The topological polar surface area (TPSA) is 49.3 Å². The van der Waals surface area contributed by atoms with Crippen LogP contribution in [0.5, 0.6) is 5.75 Å². The molecule has 2 rings (SSSR count). The minimum atomic E-state index is -4.67. The predicted octanol–water partition coefficient (Wildman–Crippen LogP) is 3.94. The molecule has 0 saturated carbocycles. The second-order valence-corrected chi connectivity index (χ2v) is 4.34. The summed E-state index contributed by atoms with van der Waals surface area (Å²) in [7, 11) is 0. The van der Waals surface area contributed by atoms with Crippen molar-refractivity contribution in [1.82, 2.24) is 0 Å². The van der Waals surface area contributed by atoms with Gasteiger partial charge in [-0.25, -0.2) is 8.78 Å². The third kappa shape index (κ3) is 3.51. The summed E-state index contributed by atoms with van der Waals surface area (Å²) in [5, 5.41) is 11.6. The van der Waals surface area contributed by atoms with Crippen LogP contribution in [0, 0.1) is 11.6 Å². The number of nitrogens with one attached hydrogen (secondary N) is 1. The normalized spacial score (nSPS) is 11.3. The molecule has 0 heterocycles. The molecule has 2 N–H and O–H groups in total. The zero-order valence-corrected chi connectivity index (χ0v) is 10.7. The fraction of sp³-hybridized carbons (Fsp3) is 0.0714. The summed E-state index contributed by atoms with van der Waals surface area (Å²) in [4.78, 5) is 11.8. The second-order valence-electron chi connectivity index (χ2n) is 4.34. The van der Waals surface area contributed by atoms with Gasteiger partial charge in [0.1, 0.15) is 17.4 Å². The number of carbonyl (C=O) groups is 1. The van der Waals surface area contributed by atoms with Gasteiger partial charge in [-0.1, -0.05) is 0 Å². The number of hydrogen-bond acceptors (Lipinski definition) is 2. The molecule has 2 aromatic carbocycles. The molecule has 0 aromatic heterocycles. The molecule has 116 valence electrons. The molecule has 0 aliphatic heterocycles. The van der Waals surface area contributed by atoms with Crippen molar-refractivity contribution >= 4 is 11.6 Å². The number of halogens is 5. The molecule has 0 radical (unpaired) electrons. The van der Waals surface area contributed by atoms with Crippen molar-refractivity contribution in [2.45, 2.75) is 6.18 Å². The Balaban J connectivity index is 2.26. The lowest BCUT2D eigenvalue weighted by atomic mass is 10.1. The zero-order valence-electron chi connectivity index (χ0n) is 10.7. The monoisotopic (exact) mass is 317 g/mol. The number of alkyl halides is 3.